The quantitative estimate of drug-likeness (QED) is 0.634. The minimum Gasteiger partial charge on any atom is -0.218 e. The van der Waals surface area contributed by atoms with E-state index in [4.69, 9.17) is 0 Å². The molecule has 0 saturated heterocycles. The Morgan fingerprint density at radius 2 is 1.82 bits per heavy atom. The van der Waals surface area contributed by atoms with E-state index in [1.54, 1.807) is 0 Å². The van der Waals surface area contributed by atoms with E-state index in [0.717, 1.165) is 22.7 Å². The Labute approximate surface area is 99.7 Å². The van der Waals surface area contributed by atoms with Crippen LogP contribution >= 0.6 is 0 Å². The Kier molecular flexibility index (Phi) is 2.18. The molecule has 0 bridgehead atoms. The van der Waals surface area contributed by atoms with Gasteiger partial charge in [-0.25, -0.2) is 9.50 Å². The van der Waals surface area contributed by atoms with E-state index in [-0.39, 0.29) is 0 Å². The largest absolute Gasteiger partial charge is 0.218 e. The molecule has 0 aliphatic carbocycles. The molecule has 17 heavy (non-hydrogen) atoms. The van der Waals surface area contributed by atoms with Crippen molar-refractivity contribution >= 4 is 5.65 Å². The van der Waals surface area contributed by atoms with E-state index in [0.29, 0.717) is 0 Å². The molecule has 2 aromatic heterocycles. The maximum Gasteiger partial charge on any atom is 0.182 e. The third-order valence-electron chi connectivity index (χ3n) is 2.83. The number of aryl methyl sites for hydroxylation is 2. The molecule has 0 amide bonds. The molecule has 3 aromatic rings. The van der Waals surface area contributed by atoms with Crippen LogP contribution in [0.2, 0.25) is 0 Å². The van der Waals surface area contributed by atoms with Crippen LogP contribution in [0.15, 0.2) is 42.5 Å². The lowest BCUT2D eigenvalue weighted by atomic mass is 10.1. The van der Waals surface area contributed by atoms with Gasteiger partial charge >= 0.3 is 0 Å². The topological polar surface area (TPSA) is 30.2 Å². The number of rotatable bonds is 1. The summed E-state index contributed by atoms with van der Waals surface area (Å²) in [6.07, 6.45) is 0. The van der Waals surface area contributed by atoms with Crippen molar-refractivity contribution in [3.05, 3.63) is 53.7 Å². The third-order valence-corrected chi connectivity index (χ3v) is 2.83. The Hall–Kier alpha value is -2.16. The van der Waals surface area contributed by atoms with Crippen molar-refractivity contribution in [2.45, 2.75) is 13.8 Å². The molecule has 84 valence electrons. The fourth-order valence-electron chi connectivity index (χ4n) is 1.94. The average molecular weight is 223 g/mol. The maximum atomic E-state index is 4.54. The van der Waals surface area contributed by atoms with Gasteiger partial charge in [-0.3, -0.25) is 0 Å². The van der Waals surface area contributed by atoms with E-state index in [9.17, 15) is 0 Å². The van der Waals surface area contributed by atoms with Gasteiger partial charge in [-0.1, -0.05) is 29.8 Å². The number of pyridine rings is 1. The smallest absolute Gasteiger partial charge is 0.182 e. The number of benzene rings is 1. The van der Waals surface area contributed by atoms with Gasteiger partial charge in [0.25, 0.3) is 0 Å². The van der Waals surface area contributed by atoms with Crippen LogP contribution in [0, 0.1) is 13.8 Å². The van der Waals surface area contributed by atoms with Gasteiger partial charge in [0.1, 0.15) is 0 Å². The summed E-state index contributed by atoms with van der Waals surface area (Å²) in [5.74, 6) is 0.781. The molecule has 0 aliphatic heterocycles. The van der Waals surface area contributed by atoms with E-state index in [1.807, 2.05) is 41.8 Å². The lowest BCUT2D eigenvalue weighted by Gasteiger charge is -1.96. The lowest BCUT2D eigenvalue weighted by molar-refractivity contribution is 0.918. The molecule has 3 heteroatoms. The molecular formula is C14H13N3. The first-order valence-corrected chi connectivity index (χ1v) is 5.63. The van der Waals surface area contributed by atoms with Gasteiger partial charge < -0.3 is 0 Å². The van der Waals surface area contributed by atoms with Gasteiger partial charge in [0.05, 0.1) is 0 Å². The minimum atomic E-state index is 0.781. The highest BCUT2D eigenvalue weighted by atomic mass is 15.3. The Morgan fingerprint density at radius 3 is 2.59 bits per heavy atom. The highest BCUT2D eigenvalue weighted by Crippen LogP contribution is 2.17. The number of fused-ring (bicyclic) bond motifs is 1. The predicted octanol–water partition coefficient (Wildman–Crippen LogP) is 3.01. The first-order chi connectivity index (χ1) is 8.24. The van der Waals surface area contributed by atoms with E-state index < -0.39 is 0 Å². The molecule has 0 fully saturated rings. The SMILES string of the molecule is Cc1cccc(-c2nc3cccc(C)n3n2)c1. The van der Waals surface area contributed by atoms with E-state index in [2.05, 4.69) is 29.1 Å². The van der Waals surface area contributed by atoms with Crippen LogP contribution in [0.4, 0.5) is 0 Å². The summed E-state index contributed by atoms with van der Waals surface area (Å²) in [4.78, 5) is 4.54. The fourth-order valence-corrected chi connectivity index (χ4v) is 1.94. The second-order valence-corrected chi connectivity index (χ2v) is 4.24. The van der Waals surface area contributed by atoms with Crippen molar-refractivity contribution in [2.75, 3.05) is 0 Å². The predicted molar refractivity (Wildman–Crippen MR) is 67.9 cm³/mol. The Morgan fingerprint density at radius 1 is 1.00 bits per heavy atom. The second kappa shape index (κ2) is 3.70. The summed E-state index contributed by atoms with van der Waals surface area (Å²) in [7, 11) is 0. The Bertz CT molecular complexity index is 683. The molecule has 3 rings (SSSR count). The van der Waals surface area contributed by atoms with Crippen molar-refractivity contribution in [1.29, 1.82) is 0 Å². The molecule has 0 aliphatic rings. The summed E-state index contributed by atoms with van der Waals surface area (Å²) in [6, 6.07) is 14.2. The van der Waals surface area contributed by atoms with Crippen LogP contribution in [-0.2, 0) is 0 Å². The molecule has 0 atom stereocenters. The first-order valence-electron chi connectivity index (χ1n) is 5.63. The minimum absolute atomic E-state index is 0.781. The molecule has 0 unspecified atom stereocenters. The molecule has 0 saturated carbocycles. The molecular weight excluding hydrogens is 210 g/mol. The van der Waals surface area contributed by atoms with Gasteiger partial charge in [0.2, 0.25) is 0 Å². The third kappa shape index (κ3) is 1.69. The molecule has 0 N–H and O–H groups in total. The maximum absolute atomic E-state index is 4.54. The summed E-state index contributed by atoms with van der Waals surface area (Å²) in [6.45, 7) is 4.10. The monoisotopic (exact) mass is 223 g/mol. The van der Waals surface area contributed by atoms with Crippen molar-refractivity contribution in [3.63, 3.8) is 0 Å². The zero-order valence-electron chi connectivity index (χ0n) is 9.88. The Balaban J connectivity index is 2.22. The standard InChI is InChI=1S/C14H13N3/c1-10-5-3-7-12(9-10)14-15-13-8-4-6-11(2)17(13)16-14/h3-9H,1-2H3. The van der Waals surface area contributed by atoms with Crippen LogP contribution in [0.3, 0.4) is 0 Å². The van der Waals surface area contributed by atoms with Crippen molar-refractivity contribution in [2.24, 2.45) is 0 Å². The highest BCUT2D eigenvalue weighted by molar-refractivity contribution is 5.59. The van der Waals surface area contributed by atoms with Gasteiger partial charge in [-0.05, 0) is 32.0 Å². The van der Waals surface area contributed by atoms with E-state index >= 15 is 0 Å². The van der Waals surface area contributed by atoms with Crippen LogP contribution in [0.5, 0.6) is 0 Å². The second-order valence-electron chi connectivity index (χ2n) is 4.24. The molecule has 0 radical (unpaired) electrons. The normalized spacial score (nSPS) is 10.9. The number of hydrogen-bond acceptors (Lipinski definition) is 2. The van der Waals surface area contributed by atoms with Crippen LogP contribution in [-0.4, -0.2) is 14.6 Å². The number of nitrogens with zero attached hydrogens (tertiary/aromatic N) is 3. The van der Waals surface area contributed by atoms with Crippen LogP contribution < -0.4 is 0 Å². The van der Waals surface area contributed by atoms with Crippen molar-refractivity contribution in [1.82, 2.24) is 14.6 Å². The van der Waals surface area contributed by atoms with E-state index in [1.165, 1.54) is 5.56 Å². The first kappa shape index (κ1) is 10.0. The molecule has 0 spiro atoms. The van der Waals surface area contributed by atoms with Gasteiger partial charge in [-0.2, -0.15) is 0 Å². The summed E-state index contributed by atoms with van der Waals surface area (Å²) >= 11 is 0. The molecule has 1 aromatic carbocycles. The lowest BCUT2D eigenvalue weighted by Crippen LogP contribution is -1.91. The molecule has 3 nitrogen and oxygen atoms in total. The summed E-state index contributed by atoms with van der Waals surface area (Å²) in [5, 5.41) is 4.53. The highest BCUT2D eigenvalue weighted by Gasteiger charge is 2.06. The van der Waals surface area contributed by atoms with Crippen LogP contribution in [0.1, 0.15) is 11.3 Å². The fraction of sp³-hybridized carbons (Fsp3) is 0.143. The molecule has 2 heterocycles. The summed E-state index contributed by atoms with van der Waals surface area (Å²) in [5.41, 5.74) is 4.27. The summed E-state index contributed by atoms with van der Waals surface area (Å²) < 4.78 is 1.87. The van der Waals surface area contributed by atoms with Crippen molar-refractivity contribution < 1.29 is 0 Å². The average Bonchev–Trinajstić information content (AvgIpc) is 2.74. The van der Waals surface area contributed by atoms with Gasteiger partial charge in [-0.15, -0.1) is 5.10 Å². The zero-order chi connectivity index (χ0) is 11.8. The van der Waals surface area contributed by atoms with Crippen molar-refractivity contribution in [3.8, 4) is 11.4 Å². The number of hydrogen-bond donors (Lipinski definition) is 0. The zero-order valence-corrected chi connectivity index (χ0v) is 9.88. The number of aromatic nitrogens is 3. The van der Waals surface area contributed by atoms with Gasteiger partial charge in [0.15, 0.2) is 11.5 Å². The van der Waals surface area contributed by atoms with Gasteiger partial charge in [0, 0.05) is 11.3 Å². The van der Waals surface area contributed by atoms with Crippen LogP contribution in [0.25, 0.3) is 17.0 Å².